The summed E-state index contributed by atoms with van der Waals surface area (Å²) in [6.45, 7) is 8.27. The van der Waals surface area contributed by atoms with Gasteiger partial charge < -0.3 is 14.4 Å². The molecule has 1 saturated heterocycles. The summed E-state index contributed by atoms with van der Waals surface area (Å²) in [5.74, 6) is 0.765. The van der Waals surface area contributed by atoms with E-state index in [9.17, 15) is 0 Å². The molecule has 0 unspecified atom stereocenters. The zero-order valence-electron chi connectivity index (χ0n) is 15.1. The SMILES string of the molecule is CN(C)CCOCc1nnn2c1CN(CC1CCOCC1)CCC2. The Hall–Kier alpha value is -1.02. The Balaban J connectivity index is 1.55. The average molecular weight is 337 g/mol. The quantitative estimate of drug-likeness (QED) is 0.692. The summed E-state index contributed by atoms with van der Waals surface area (Å²) >= 11 is 0. The van der Waals surface area contributed by atoms with Gasteiger partial charge in [-0.05, 0) is 39.3 Å². The standard InChI is InChI=1S/C17H31N5O2/c1-20(2)8-11-24-14-16-17-13-21(6-3-7-22(17)19-18-16)12-15-4-9-23-10-5-15/h15H,3-14H2,1-2H3. The van der Waals surface area contributed by atoms with Crippen LogP contribution in [0.1, 0.15) is 30.7 Å². The van der Waals surface area contributed by atoms with E-state index in [0.717, 1.165) is 70.6 Å². The maximum atomic E-state index is 5.79. The minimum absolute atomic E-state index is 0.564. The van der Waals surface area contributed by atoms with E-state index in [-0.39, 0.29) is 0 Å². The predicted octanol–water partition coefficient (Wildman–Crippen LogP) is 0.989. The number of rotatable bonds is 7. The van der Waals surface area contributed by atoms with Gasteiger partial charge in [0, 0.05) is 45.9 Å². The molecule has 2 aliphatic heterocycles. The number of likely N-dealkylation sites (N-methyl/N-ethyl adjacent to an activating group) is 1. The molecule has 1 fully saturated rings. The first kappa shape index (κ1) is 17.8. The molecule has 3 rings (SSSR count). The van der Waals surface area contributed by atoms with Crippen LogP contribution in [0.5, 0.6) is 0 Å². The molecule has 24 heavy (non-hydrogen) atoms. The molecular weight excluding hydrogens is 306 g/mol. The highest BCUT2D eigenvalue weighted by Gasteiger charge is 2.23. The molecule has 0 N–H and O–H groups in total. The summed E-state index contributed by atoms with van der Waals surface area (Å²) < 4.78 is 13.4. The topological polar surface area (TPSA) is 55.7 Å². The molecule has 7 nitrogen and oxygen atoms in total. The van der Waals surface area contributed by atoms with Gasteiger partial charge in [0.25, 0.3) is 0 Å². The van der Waals surface area contributed by atoms with Crippen molar-refractivity contribution in [3.8, 4) is 0 Å². The predicted molar refractivity (Wildman–Crippen MR) is 91.7 cm³/mol. The molecule has 136 valence electrons. The highest BCUT2D eigenvalue weighted by molar-refractivity contribution is 5.10. The lowest BCUT2D eigenvalue weighted by Crippen LogP contribution is -2.32. The van der Waals surface area contributed by atoms with Crippen molar-refractivity contribution < 1.29 is 9.47 Å². The molecule has 3 heterocycles. The lowest BCUT2D eigenvalue weighted by molar-refractivity contribution is 0.0514. The van der Waals surface area contributed by atoms with E-state index in [0.29, 0.717) is 6.61 Å². The number of hydrogen-bond donors (Lipinski definition) is 0. The average Bonchev–Trinajstić information content (AvgIpc) is 2.83. The van der Waals surface area contributed by atoms with Crippen molar-refractivity contribution >= 4 is 0 Å². The molecule has 0 aromatic carbocycles. The van der Waals surface area contributed by atoms with Crippen LogP contribution in [0.2, 0.25) is 0 Å². The molecule has 1 aromatic rings. The van der Waals surface area contributed by atoms with Crippen molar-refractivity contribution in [3.63, 3.8) is 0 Å². The van der Waals surface area contributed by atoms with E-state index >= 15 is 0 Å². The maximum absolute atomic E-state index is 5.79. The van der Waals surface area contributed by atoms with Crippen molar-refractivity contribution in [2.24, 2.45) is 5.92 Å². The van der Waals surface area contributed by atoms with Gasteiger partial charge in [-0.3, -0.25) is 4.90 Å². The molecule has 0 radical (unpaired) electrons. The number of hydrogen-bond acceptors (Lipinski definition) is 6. The Morgan fingerprint density at radius 1 is 1.25 bits per heavy atom. The smallest absolute Gasteiger partial charge is 0.113 e. The molecular formula is C17H31N5O2. The first-order chi connectivity index (χ1) is 11.7. The second-order valence-corrected chi connectivity index (χ2v) is 7.21. The second-order valence-electron chi connectivity index (χ2n) is 7.21. The van der Waals surface area contributed by atoms with Gasteiger partial charge in [0.15, 0.2) is 0 Å². The van der Waals surface area contributed by atoms with Crippen LogP contribution in [0.4, 0.5) is 0 Å². The molecule has 0 atom stereocenters. The maximum Gasteiger partial charge on any atom is 0.113 e. The molecule has 2 aliphatic rings. The number of nitrogens with zero attached hydrogens (tertiary/aromatic N) is 5. The van der Waals surface area contributed by atoms with Gasteiger partial charge in [0.2, 0.25) is 0 Å². The Morgan fingerprint density at radius 2 is 2.08 bits per heavy atom. The van der Waals surface area contributed by atoms with Gasteiger partial charge in [-0.25, -0.2) is 4.68 Å². The molecule has 0 spiro atoms. The Morgan fingerprint density at radius 3 is 2.88 bits per heavy atom. The van der Waals surface area contributed by atoms with Crippen LogP contribution >= 0.6 is 0 Å². The van der Waals surface area contributed by atoms with Crippen molar-refractivity contribution in [2.75, 3.05) is 53.6 Å². The summed E-state index contributed by atoms with van der Waals surface area (Å²) in [5.41, 5.74) is 2.25. The molecule has 0 saturated carbocycles. The highest BCUT2D eigenvalue weighted by Crippen LogP contribution is 2.20. The largest absolute Gasteiger partial charge is 0.381 e. The Labute approximate surface area is 144 Å². The van der Waals surface area contributed by atoms with Crippen LogP contribution in [0.25, 0.3) is 0 Å². The first-order valence-electron chi connectivity index (χ1n) is 9.16. The van der Waals surface area contributed by atoms with E-state index in [1.54, 1.807) is 0 Å². The minimum Gasteiger partial charge on any atom is -0.381 e. The minimum atomic E-state index is 0.564. The zero-order chi connectivity index (χ0) is 16.8. The third-order valence-corrected chi connectivity index (χ3v) is 4.91. The number of aryl methyl sites for hydroxylation is 1. The van der Waals surface area contributed by atoms with Crippen molar-refractivity contribution in [3.05, 3.63) is 11.4 Å². The summed E-state index contributed by atoms with van der Waals surface area (Å²) in [7, 11) is 4.11. The summed E-state index contributed by atoms with van der Waals surface area (Å²) in [6, 6.07) is 0. The summed E-state index contributed by atoms with van der Waals surface area (Å²) in [5, 5.41) is 8.71. The van der Waals surface area contributed by atoms with Gasteiger partial charge in [0.05, 0.1) is 18.9 Å². The monoisotopic (exact) mass is 337 g/mol. The Kier molecular flexibility index (Phi) is 6.59. The van der Waals surface area contributed by atoms with Crippen LogP contribution in [0.3, 0.4) is 0 Å². The highest BCUT2D eigenvalue weighted by atomic mass is 16.5. The lowest BCUT2D eigenvalue weighted by Gasteiger charge is -2.28. The van der Waals surface area contributed by atoms with E-state index < -0.39 is 0 Å². The van der Waals surface area contributed by atoms with E-state index in [1.165, 1.54) is 18.5 Å². The normalized spacial score (nSPS) is 20.3. The third kappa shape index (κ3) is 4.99. The molecule has 0 amide bonds. The van der Waals surface area contributed by atoms with Crippen LogP contribution < -0.4 is 0 Å². The second kappa shape index (κ2) is 8.89. The van der Waals surface area contributed by atoms with Crippen LogP contribution in [0, 0.1) is 5.92 Å². The number of ether oxygens (including phenoxy) is 2. The van der Waals surface area contributed by atoms with E-state index in [2.05, 4.69) is 38.9 Å². The van der Waals surface area contributed by atoms with Gasteiger partial charge in [-0.2, -0.15) is 0 Å². The first-order valence-corrected chi connectivity index (χ1v) is 9.16. The van der Waals surface area contributed by atoms with Gasteiger partial charge in [-0.15, -0.1) is 5.10 Å². The molecule has 0 bridgehead atoms. The van der Waals surface area contributed by atoms with E-state index in [4.69, 9.17) is 9.47 Å². The lowest BCUT2D eigenvalue weighted by atomic mass is 9.99. The fourth-order valence-electron chi connectivity index (χ4n) is 3.43. The fourth-order valence-corrected chi connectivity index (χ4v) is 3.43. The summed E-state index contributed by atoms with van der Waals surface area (Å²) in [6.07, 6.45) is 3.52. The van der Waals surface area contributed by atoms with Crippen LogP contribution in [-0.4, -0.2) is 78.3 Å². The van der Waals surface area contributed by atoms with Gasteiger partial charge in [-0.1, -0.05) is 5.21 Å². The van der Waals surface area contributed by atoms with Gasteiger partial charge in [0.1, 0.15) is 5.69 Å². The third-order valence-electron chi connectivity index (χ3n) is 4.91. The molecule has 1 aromatic heterocycles. The molecule has 7 heteroatoms. The van der Waals surface area contributed by atoms with Crippen molar-refractivity contribution in [2.45, 2.75) is 39.0 Å². The van der Waals surface area contributed by atoms with Crippen molar-refractivity contribution in [1.29, 1.82) is 0 Å². The molecule has 0 aliphatic carbocycles. The van der Waals surface area contributed by atoms with E-state index in [1.807, 2.05) is 0 Å². The zero-order valence-corrected chi connectivity index (χ0v) is 15.1. The fraction of sp³-hybridized carbons (Fsp3) is 0.882. The Bertz CT molecular complexity index is 499. The summed E-state index contributed by atoms with van der Waals surface area (Å²) in [4.78, 5) is 4.70. The van der Waals surface area contributed by atoms with Crippen LogP contribution in [0.15, 0.2) is 0 Å². The van der Waals surface area contributed by atoms with Crippen molar-refractivity contribution in [1.82, 2.24) is 24.8 Å². The van der Waals surface area contributed by atoms with Crippen LogP contribution in [-0.2, 0) is 29.2 Å². The number of fused-ring (bicyclic) bond motifs is 1. The number of aromatic nitrogens is 3. The van der Waals surface area contributed by atoms with Gasteiger partial charge >= 0.3 is 0 Å².